The number of fused-ring (bicyclic) bond motifs is 1. The molecule has 2 aromatic heterocycles. The molecule has 6 nitrogen and oxygen atoms in total. The van der Waals surface area contributed by atoms with E-state index in [9.17, 15) is 4.79 Å². The molecule has 0 aliphatic heterocycles. The van der Waals surface area contributed by atoms with Crippen molar-refractivity contribution in [3.8, 4) is 0 Å². The van der Waals surface area contributed by atoms with Crippen molar-refractivity contribution in [2.75, 3.05) is 0 Å². The third kappa shape index (κ3) is 3.10. The van der Waals surface area contributed by atoms with Gasteiger partial charge in [-0.3, -0.25) is 4.79 Å². The number of rotatable bonds is 4. The van der Waals surface area contributed by atoms with Gasteiger partial charge in [0.05, 0.1) is 0 Å². The van der Waals surface area contributed by atoms with E-state index in [0.717, 1.165) is 29.8 Å². The first-order valence-corrected chi connectivity index (χ1v) is 8.00. The molecule has 0 atom stereocenters. The van der Waals surface area contributed by atoms with E-state index in [4.69, 9.17) is 4.74 Å². The van der Waals surface area contributed by atoms with Crippen LogP contribution in [-0.2, 0) is 16.0 Å². The van der Waals surface area contributed by atoms with Crippen LogP contribution in [0.4, 0.5) is 0 Å². The summed E-state index contributed by atoms with van der Waals surface area (Å²) in [5.41, 5.74) is 2.95. The molecule has 1 aliphatic carbocycles. The highest BCUT2D eigenvalue weighted by Gasteiger charge is 2.18. The number of hydrogen-bond donors (Lipinski definition) is 0. The van der Waals surface area contributed by atoms with Crippen LogP contribution in [0.25, 0.3) is 5.78 Å². The van der Waals surface area contributed by atoms with Crippen molar-refractivity contribution >= 4 is 11.7 Å². The zero-order valence-corrected chi connectivity index (χ0v) is 13.2. The first kappa shape index (κ1) is 14.9. The van der Waals surface area contributed by atoms with Crippen LogP contribution in [0.2, 0.25) is 0 Å². The van der Waals surface area contributed by atoms with E-state index in [1.807, 2.05) is 13.8 Å². The maximum Gasteiger partial charge on any atom is 0.306 e. The summed E-state index contributed by atoms with van der Waals surface area (Å²) in [6, 6.07) is 0. The van der Waals surface area contributed by atoms with Gasteiger partial charge < -0.3 is 4.74 Å². The molecule has 1 saturated carbocycles. The summed E-state index contributed by atoms with van der Waals surface area (Å²) in [7, 11) is 0. The fraction of sp³-hybridized carbons (Fsp3) is 0.625. The fourth-order valence-electron chi connectivity index (χ4n) is 3.17. The molecule has 1 fully saturated rings. The van der Waals surface area contributed by atoms with Gasteiger partial charge >= 0.3 is 5.97 Å². The monoisotopic (exact) mass is 302 g/mol. The lowest BCUT2D eigenvalue weighted by molar-refractivity contribution is -0.150. The number of aromatic nitrogens is 4. The molecule has 0 saturated heterocycles. The molecule has 0 amide bonds. The summed E-state index contributed by atoms with van der Waals surface area (Å²) >= 11 is 0. The van der Waals surface area contributed by atoms with Gasteiger partial charge in [0, 0.05) is 17.8 Å². The minimum atomic E-state index is -0.107. The zero-order chi connectivity index (χ0) is 15.5. The molecule has 6 heteroatoms. The summed E-state index contributed by atoms with van der Waals surface area (Å²) in [6.45, 7) is 3.93. The lowest BCUT2D eigenvalue weighted by atomic mass is 9.98. The van der Waals surface area contributed by atoms with E-state index in [1.54, 1.807) is 4.52 Å². The topological polar surface area (TPSA) is 69.4 Å². The van der Waals surface area contributed by atoms with Gasteiger partial charge in [0.15, 0.2) is 0 Å². The molecule has 2 aromatic rings. The number of hydrogen-bond acceptors (Lipinski definition) is 5. The molecule has 118 valence electrons. The summed E-state index contributed by atoms with van der Waals surface area (Å²) in [5.74, 6) is 0.493. The quantitative estimate of drug-likeness (QED) is 0.812. The highest BCUT2D eigenvalue weighted by atomic mass is 16.5. The van der Waals surface area contributed by atoms with Gasteiger partial charge in [-0.25, -0.2) is 9.50 Å². The maximum absolute atomic E-state index is 12.0. The third-order valence-electron chi connectivity index (χ3n) is 4.42. The second kappa shape index (κ2) is 6.42. The van der Waals surface area contributed by atoms with Crippen molar-refractivity contribution in [2.45, 2.75) is 64.9 Å². The number of ether oxygens (including phenoxy) is 1. The Balaban J connectivity index is 1.64. The molecule has 2 heterocycles. The van der Waals surface area contributed by atoms with Crippen molar-refractivity contribution in [3.63, 3.8) is 0 Å². The zero-order valence-electron chi connectivity index (χ0n) is 13.2. The Hall–Kier alpha value is -1.98. The molecular formula is C16H22N4O2. The summed E-state index contributed by atoms with van der Waals surface area (Å²) in [6.07, 6.45) is 8.26. The van der Waals surface area contributed by atoms with Crippen LogP contribution < -0.4 is 0 Å². The van der Waals surface area contributed by atoms with E-state index >= 15 is 0 Å². The van der Waals surface area contributed by atoms with Crippen LogP contribution in [-0.4, -0.2) is 31.7 Å². The van der Waals surface area contributed by atoms with Crippen LogP contribution in [0, 0.1) is 13.8 Å². The first-order chi connectivity index (χ1) is 10.6. The molecule has 0 unspecified atom stereocenters. The van der Waals surface area contributed by atoms with E-state index in [1.165, 1.54) is 25.6 Å². The summed E-state index contributed by atoms with van der Waals surface area (Å²) in [5, 5.41) is 4.17. The number of carbonyl (C=O) groups is 1. The maximum atomic E-state index is 12.0. The van der Waals surface area contributed by atoms with Crippen molar-refractivity contribution in [1.29, 1.82) is 0 Å². The van der Waals surface area contributed by atoms with Crippen molar-refractivity contribution in [2.24, 2.45) is 0 Å². The highest BCUT2D eigenvalue weighted by Crippen LogP contribution is 2.21. The van der Waals surface area contributed by atoms with Crippen LogP contribution in [0.15, 0.2) is 6.33 Å². The Morgan fingerprint density at radius 1 is 1.32 bits per heavy atom. The number of carbonyl (C=O) groups excluding carboxylic acids is 1. The lowest BCUT2D eigenvalue weighted by Gasteiger charge is -2.21. The minimum absolute atomic E-state index is 0.107. The Labute approximate surface area is 129 Å². The largest absolute Gasteiger partial charge is 0.462 e. The van der Waals surface area contributed by atoms with Gasteiger partial charge in [-0.15, -0.1) is 0 Å². The number of aryl methyl sites for hydroxylation is 2. The SMILES string of the molecule is Cc1nc2ncnn2c(C)c1CCC(=O)OC1CCCCC1. The van der Waals surface area contributed by atoms with Gasteiger partial charge in [0.25, 0.3) is 5.78 Å². The molecule has 0 aromatic carbocycles. The van der Waals surface area contributed by atoms with E-state index in [-0.39, 0.29) is 12.1 Å². The molecule has 1 aliphatic rings. The fourth-order valence-corrected chi connectivity index (χ4v) is 3.17. The Morgan fingerprint density at radius 2 is 2.09 bits per heavy atom. The molecule has 0 bridgehead atoms. The van der Waals surface area contributed by atoms with Crippen LogP contribution in [0.3, 0.4) is 0 Å². The molecule has 0 radical (unpaired) electrons. The van der Waals surface area contributed by atoms with Crippen molar-refractivity contribution in [1.82, 2.24) is 19.6 Å². The van der Waals surface area contributed by atoms with Gasteiger partial charge in [-0.05, 0) is 51.5 Å². The van der Waals surface area contributed by atoms with E-state index in [2.05, 4.69) is 15.1 Å². The van der Waals surface area contributed by atoms with Crippen LogP contribution in [0.5, 0.6) is 0 Å². The Morgan fingerprint density at radius 3 is 2.86 bits per heavy atom. The average molecular weight is 302 g/mol. The van der Waals surface area contributed by atoms with E-state index < -0.39 is 0 Å². The average Bonchev–Trinajstić information content (AvgIpc) is 2.96. The molecular weight excluding hydrogens is 280 g/mol. The number of nitrogens with zero attached hydrogens (tertiary/aromatic N) is 4. The molecule has 22 heavy (non-hydrogen) atoms. The first-order valence-electron chi connectivity index (χ1n) is 8.00. The predicted molar refractivity (Wildman–Crippen MR) is 81.5 cm³/mol. The smallest absolute Gasteiger partial charge is 0.306 e. The van der Waals surface area contributed by atoms with E-state index in [0.29, 0.717) is 18.6 Å². The predicted octanol–water partition coefficient (Wildman–Crippen LogP) is 2.55. The minimum Gasteiger partial charge on any atom is -0.462 e. The van der Waals surface area contributed by atoms with Crippen LogP contribution >= 0.6 is 0 Å². The van der Waals surface area contributed by atoms with Gasteiger partial charge in [-0.2, -0.15) is 10.1 Å². The van der Waals surface area contributed by atoms with Gasteiger partial charge in [0.2, 0.25) is 0 Å². The Kier molecular flexibility index (Phi) is 4.36. The normalized spacial score (nSPS) is 16.1. The van der Waals surface area contributed by atoms with Gasteiger partial charge in [-0.1, -0.05) is 6.42 Å². The summed E-state index contributed by atoms with van der Waals surface area (Å²) in [4.78, 5) is 20.6. The highest BCUT2D eigenvalue weighted by molar-refractivity contribution is 5.70. The lowest BCUT2D eigenvalue weighted by Crippen LogP contribution is -2.21. The van der Waals surface area contributed by atoms with Crippen LogP contribution in [0.1, 0.15) is 55.5 Å². The standard InChI is InChI=1S/C16H22N4O2/c1-11-14(12(2)20-16(19-11)17-10-18-20)8-9-15(21)22-13-6-4-3-5-7-13/h10,13H,3-9H2,1-2H3. The second-order valence-electron chi connectivity index (χ2n) is 5.98. The van der Waals surface area contributed by atoms with Crippen molar-refractivity contribution < 1.29 is 9.53 Å². The molecule has 0 spiro atoms. The number of esters is 1. The van der Waals surface area contributed by atoms with Crippen molar-refractivity contribution in [3.05, 3.63) is 23.3 Å². The Bertz CT molecular complexity index is 674. The molecule has 0 N–H and O–H groups in total. The second-order valence-corrected chi connectivity index (χ2v) is 5.98. The third-order valence-corrected chi connectivity index (χ3v) is 4.42. The molecule has 3 rings (SSSR count). The van der Waals surface area contributed by atoms with Gasteiger partial charge in [0.1, 0.15) is 12.4 Å². The summed E-state index contributed by atoms with van der Waals surface area (Å²) < 4.78 is 7.29.